The van der Waals surface area contributed by atoms with E-state index in [9.17, 15) is 4.79 Å². The summed E-state index contributed by atoms with van der Waals surface area (Å²) in [5.74, 6) is -0.359. The molecule has 1 aromatic carbocycles. The zero-order valence-corrected chi connectivity index (χ0v) is 11.6. The van der Waals surface area contributed by atoms with Gasteiger partial charge in [-0.05, 0) is 36.1 Å². The monoisotopic (exact) mass is 263 g/mol. The van der Waals surface area contributed by atoms with Crippen molar-refractivity contribution in [1.82, 2.24) is 4.57 Å². The number of nitrogens with two attached hydrogens (primary N) is 2. The van der Waals surface area contributed by atoms with Crippen molar-refractivity contribution in [3.05, 3.63) is 34.3 Å². The van der Waals surface area contributed by atoms with E-state index in [1.807, 2.05) is 18.2 Å². The van der Waals surface area contributed by atoms with Crippen molar-refractivity contribution in [2.45, 2.75) is 26.3 Å². The van der Waals surface area contributed by atoms with Gasteiger partial charge in [-0.3, -0.25) is 4.57 Å². The summed E-state index contributed by atoms with van der Waals surface area (Å²) in [5, 5.41) is 0. The molecule has 1 unspecified atom stereocenters. The van der Waals surface area contributed by atoms with Crippen LogP contribution in [0.3, 0.4) is 0 Å². The molecule has 5 nitrogen and oxygen atoms in total. The van der Waals surface area contributed by atoms with Crippen LogP contribution in [0.1, 0.15) is 31.9 Å². The van der Waals surface area contributed by atoms with E-state index in [4.69, 9.17) is 15.9 Å². The number of nitrogens with zero attached hydrogens (tertiary/aromatic N) is 1. The molecular formula is C14H21N3O2. The summed E-state index contributed by atoms with van der Waals surface area (Å²) in [5.41, 5.74) is 14.1. The Kier molecular flexibility index (Phi) is 3.52. The second kappa shape index (κ2) is 4.83. The zero-order chi connectivity index (χ0) is 14.2. The number of oxazole rings is 1. The first-order chi connectivity index (χ1) is 8.86. The normalized spacial score (nSPS) is 13.9. The maximum atomic E-state index is 11.5. The van der Waals surface area contributed by atoms with Crippen molar-refractivity contribution in [2.24, 2.45) is 23.9 Å². The highest BCUT2D eigenvalue weighted by Gasteiger charge is 2.27. The minimum atomic E-state index is -0.359. The molecule has 2 aromatic rings. The molecule has 4 N–H and O–H groups in total. The molecule has 2 rings (SSSR count). The summed E-state index contributed by atoms with van der Waals surface area (Å²) >= 11 is 0. The Bertz CT molecular complexity index is 640. The Morgan fingerprint density at radius 2 is 2.11 bits per heavy atom. The lowest BCUT2D eigenvalue weighted by molar-refractivity contribution is 0.271. The van der Waals surface area contributed by atoms with E-state index in [-0.39, 0.29) is 17.2 Å². The number of aryl methyl sites for hydroxylation is 1. The van der Waals surface area contributed by atoms with E-state index in [2.05, 4.69) is 13.8 Å². The predicted molar refractivity (Wildman–Crippen MR) is 75.8 cm³/mol. The molecule has 0 aliphatic heterocycles. The lowest BCUT2D eigenvalue weighted by Gasteiger charge is -2.31. The van der Waals surface area contributed by atoms with Crippen LogP contribution in [0.4, 0.5) is 0 Å². The second-order valence-corrected chi connectivity index (χ2v) is 5.66. The first-order valence-corrected chi connectivity index (χ1v) is 6.42. The molecule has 0 spiro atoms. The Morgan fingerprint density at radius 1 is 1.42 bits per heavy atom. The summed E-state index contributed by atoms with van der Waals surface area (Å²) in [6, 6.07) is 5.51. The largest absolute Gasteiger partial charge is 0.419 e. The van der Waals surface area contributed by atoms with Crippen LogP contribution in [-0.2, 0) is 7.05 Å². The fraction of sp³-hybridized carbons (Fsp3) is 0.500. The smallest absolute Gasteiger partial charge is 0.408 e. The summed E-state index contributed by atoms with van der Waals surface area (Å²) in [6.45, 7) is 4.79. The van der Waals surface area contributed by atoms with E-state index < -0.39 is 0 Å². The maximum Gasteiger partial charge on any atom is 0.419 e. The van der Waals surface area contributed by atoms with Gasteiger partial charge in [0.1, 0.15) is 0 Å². The van der Waals surface area contributed by atoms with Crippen LogP contribution < -0.4 is 17.2 Å². The molecule has 0 saturated heterocycles. The van der Waals surface area contributed by atoms with Crippen molar-refractivity contribution >= 4 is 11.1 Å². The zero-order valence-electron chi connectivity index (χ0n) is 11.6. The molecule has 0 fully saturated rings. The van der Waals surface area contributed by atoms with Crippen LogP contribution in [0.25, 0.3) is 11.1 Å². The summed E-state index contributed by atoms with van der Waals surface area (Å²) in [7, 11) is 1.69. The van der Waals surface area contributed by atoms with Crippen LogP contribution in [-0.4, -0.2) is 11.1 Å². The third-order valence-electron chi connectivity index (χ3n) is 3.81. The number of hydrogen-bond acceptors (Lipinski definition) is 4. The Hall–Kier alpha value is -1.59. The van der Waals surface area contributed by atoms with Crippen molar-refractivity contribution in [3.63, 3.8) is 0 Å². The summed E-state index contributed by atoms with van der Waals surface area (Å²) < 4.78 is 6.67. The van der Waals surface area contributed by atoms with Gasteiger partial charge in [0.15, 0.2) is 5.58 Å². The number of benzene rings is 1. The quantitative estimate of drug-likeness (QED) is 0.875. The van der Waals surface area contributed by atoms with Crippen molar-refractivity contribution < 1.29 is 4.42 Å². The predicted octanol–water partition coefficient (Wildman–Crippen LogP) is 1.51. The van der Waals surface area contributed by atoms with Crippen molar-refractivity contribution in [1.29, 1.82) is 0 Å². The number of aromatic nitrogens is 1. The van der Waals surface area contributed by atoms with Crippen LogP contribution >= 0.6 is 0 Å². The SMILES string of the molecule is Cn1c(=O)oc2cc(C(N)C(C)(C)CCN)ccc21. The molecule has 19 heavy (non-hydrogen) atoms. The Balaban J connectivity index is 2.43. The fourth-order valence-electron chi connectivity index (χ4n) is 2.32. The number of rotatable bonds is 4. The highest BCUT2D eigenvalue weighted by molar-refractivity contribution is 5.73. The molecule has 0 bridgehead atoms. The number of fused-ring (bicyclic) bond motifs is 1. The van der Waals surface area contributed by atoms with E-state index in [0.717, 1.165) is 17.5 Å². The van der Waals surface area contributed by atoms with Crippen LogP contribution in [0.2, 0.25) is 0 Å². The summed E-state index contributed by atoms with van der Waals surface area (Å²) in [6.07, 6.45) is 0.838. The van der Waals surface area contributed by atoms with Crippen LogP contribution in [0, 0.1) is 5.41 Å². The standard InChI is InChI=1S/C14H21N3O2/c1-14(2,6-7-15)12(16)9-4-5-10-11(8-9)19-13(18)17(10)3/h4-5,8,12H,6-7,15-16H2,1-3H3. The minimum Gasteiger partial charge on any atom is -0.408 e. The molecule has 0 amide bonds. The fourth-order valence-corrected chi connectivity index (χ4v) is 2.32. The molecule has 1 aromatic heterocycles. The second-order valence-electron chi connectivity index (χ2n) is 5.66. The molecule has 0 radical (unpaired) electrons. The van der Waals surface area contributed by atoms with Gasteiger partial charge >= 0.3 is 5.76 Å². The van der Waals surface area contributed by atoms with Gasteiger partial charge in [0.05, 0.1) is 5.52 Å². The van der Waals surface area contributed by atoms with Gasteiger partial charge in [0, 0.05) is 13.1 Å². The minimum absolute atomic E-state index is 0.0997. The first kappa shape index (κ1) is 13.8. The molecule has 0 aliphatic carbocycles. The Labute approximate surface area is 112 Å². The van der Waals surface area contributed by atoms with Crippen LogP contribution in [0.15, 0.2) is 27.4 Å². The molecule has 1 atom stereocenters. The lowest BCUT2D eigenvalue weighted by Crippen LogP contribution is -2.31. The van der Waals surface area contributed by atoms with Gasteiger partial charge in [-0.2, -0.15) is 0 Å². The lowest BCUT2D eigenvalue weighted by atomic mass is 9.78. The molecular weight excluding hydrogens is 242 g/mol. The van der Waals surface area contributed by atoms with E-state index >= 15 is 0 Å². The first-order valence-electron chi connectivity index (χ1n) is 6.42. The molecule has 5 heteroatoms. The number of hydrogen-bond donors (Lipinski definition) is 2. The molecule has 1 heterocycles. The van der Waals surface area contributed by atoms with Gasteiger partial charge in [-0.1, -0.05) is 19.9 Å². The van der Waals surface area contributed by atoms with Gasteiger partial charge in [-0.15, -0.1) is 0 Å². The van der Waals surface area contributed by atoms with Crippen LogP contribution in [0.5, 0.6) is 0 Å². The average molecular weight is 263 g/mol. The van der Waals surface area contributed by atoms with Gasteiger partial charge < -0.3 is 15.9 Å². The summed E-state index contributed by atoms with van der Waals surface area (Å²) in [4.78, 5) is 11.5. The van der Waals surface area contributed by atoms with Gasteiger partial charge in [-0.25, -0.2) is 4.79 Å². The van der Waals surface area contributed by atoms with Gasteiger partial charge in [0.25, 0.3) is 0 Å². The van der Waals surface area contributed by atoms with E-state index in [1.165, 1.54) is 4.57 Å². The molecule has 0 aliphatic rings. The van der Waals surface area contributed by atoms with Gasteiger partial charge in [0.2, 0.25) is 0 Å². The third kappa shape index (κ3) is 2.43. The highest BCUT2D eigenvalue weighted by atomic mass is 16.4. The highest BCUT2D eigenvalue weighted by Crippen LogP contribution is 2.34. The maximum absolute atomic E-state index is 11.5. The van der Waals surface area contributed by atoms with E-state index in [1.54, 1.807) is 7.05 Å². The topological polar surface area (TPSA) is 87.2 Å². The Morgan fingerprint density at radius 3 is 2.74 bits per heavy atom. The third-order valence-corrected chi connectivity index (χ3v) is 3.81. The average Bonchev–Trinajstić information content (AvgIpc) is 2.63. The van der Waals surface area contributed by atoms with Crippen molar-refractivity contribution in [2.75, 3.05) is 6.54 Å². The molecule has 0 saturated carbocycles. The van der Waals surface area contributed by atoms with E-state index in [0.29, 0.717) is 12.1 Å². The van der Waals surface area contributed by atoms with Crippen molar-refractivity contribution in [3.8, 4) is 0 Å². The molecule has 104 valence electrons.